The van der Waals surface area contributed by atoms with Crippen LogP contribution in [-0.2, 0) is 21.4 Å². The number of rotatable bonds is 8. The normalized spacial score (nSPS) is 11.0. The predicted molar refractivity (Wildman–Crippen MR) is 106 cm³/mol. The van der Waals surface area contributed by atoms with E-state index in [0.29, 0.717) is 12.2 Å². The second-order valence-electron chi connectivity index (χ2n) is 6.26. The minimum Gasteiger partial charge on any atom is -0.378 e. The van der Waals surface area contributed by atoms with Crippen molar-refractivity contribution in [2.24, 2.45) is 0 Å². The Bertz CT molecular complexity index is 819. The predicted octanol–water partition coefficient (Wildman–Crippen LogP) is 2.23. The number of sulfonamides is 1. The van der Waals surface area contributed by atoms with Gasteiger partial charge >= 0.3 is 0 Å². The summed E-state index contributed by atoms with van der Waals surface area (Å²) >= 11 is 0. The van der Waals surface area contributed by atoms with Crippen LogP contribution in [0.3, 0.4) is 0 Å². The molecule has 7 heteroatoms. The molecule has 2 aromatic rings. The molecule has 0 spiro atoms. The van der Waals surface area contributed by atoms with Gasteiger partial charge < -0.3 is 10.2 Å². The fourth-order valence-electron chi connectivity index (χ4n) is 2.49. The Hall–Kier alpha value is -2.54. The fourth-order valence-corrected chi connectivity index (χ4v) is 3.42. The molecule has 1 amide bonds. The van der Waals surface area contributed by atoms with Crippen LogP contribution in [0.4, 0.5) is 11.4 Å². The van der Waals surface area contributed by atoms with Crippen molar-refractivity contribution in [2.75, 3.05) is 36.1 Å². The van der Waals surface area contributed by atoms with Crippen LogP contribution in [0.5, 0.6) is 0 Å². The first-order valence-electron chi connectivity index (χ1n) is 8.33. The van der Waals surface area contributed by atoms with Gasteiger partial charge in [0.2, 0.25) is 15.9 Å². The summed E-state index contributed by atoms with van der Waals surface area (Å²) < 4.78 is 25.5. The number of nitrogens with one attached hydrogen (secondary N) is 1. The SMILES string of the molecule is CN(C)c1ccc(N(CCC(=O)NCc2ccccc2)S(C)(=O)=O)cc1. The summed E-state index contributed by atoms with van der Waals surface area (Å²) in [4.78, 5) is 14.0. The van der Waals surface area contributed by atoms with Gasteiger partial charge in [0.25, 0.3) is 0 Å². The molecule has 0 aliphatic rings. The van der Waals surface area contributed by atoms with Crippen LogP contribution in [0.2, 0.25) is 0 Å². The van der Waals surface area contributed by atoms with E-state index in [1.807, 2.05) is 61.5 Å². The van der Waals surface area contributed by atoms with Gasteiger partial charge in [-0.15, -0.1) is 0 Å². The standard InChI is InChI=1S/C19H25N3O3S/c1-21(2)17-9-11-18(12-10-17)22(26(3,24)25)14-13-19(23)20-15-16-7-5-4-6-8-16/h4-12H,13-15H2,1-3H3,(H,20,23). The minimum absolute atomic E-state index is 0.0926. The molecule has 0 saturated carbocycles. The lowest BCUT2D eigenvalue weighted by Gasteiger charge is -2.23. The van der Waals surface area contributed by atoms with Crippen molar-refractivity contribution in [3.05, 3.63) is 60.2 Å². The fraction of sp³-hybridized carbons (Fsp3) is 0.316. The molecule has 2 aromatic carbocycles. The summed E-state index contributed by atoms with van der Waals surface area (Å²) in [7, 11) is 0.360. The number of nitrogens with zero attached hydrogens (tertiary/aromatic N) is 2. The molecular formula is C19H25N3O3S. The van der Waals surface area contributed by atoms with E-state index >= 15 is 0 Å². The van der Waals surface area contributed by atoms with E-state index in [4.69, 9.17) is 0 Å². The Morgan fingerprint density at radius 3 is 2.08 bits per heavy atom. The van der Waals surface area contributed by atoms with Gasteiger partial charge in [-0.1, -0.05) is 30.3 Å². The first kappa shape index (κ1) is 19.8. The van der Waals surface area contributed by atoms with Gasteiger partial charge in [-0.25, -0.2) is 8.42 Å². The van der Waals surface area contributed by atoms with E-state index < -0.39 is 10.0 Å². The topological polar surface area (TPSA) is 69.7 Å². The number of hydrogen-bond donors (Lipinski definition) is 1. The average molecular weight is 375 g/mol. The van der Waals surface area contributed by atoms with Gasteiger partial charge in [-0.3, -0.25) is 9.10 Å². The molecule has 0 saturated heterocycles. The van der Waals surface area contributed by atoms with Crippen molar-refractivity contribution in [1.82, 2.24) is 5.32 Å². The Labute approximate surface area is 155 Å². The van der Waals surface area contributed by atoms with Gasteiger partial charge in [0.1, 0.15) is 0 Å². The third-order valence-electron chi connectivity index (χ3n) is 3.93. The zero-order chi connectivity index (χ0) is 19.2. The summed E-state index contributed by atoms with van der Waals surface area (Å²) in [5.41, 5.74) is 2.52. The molecule has 0 radical (unpaired) electrons. The van der Waals surface area contributed by atoms with Crippen molar-refractivity contribution in [3.63, 3.8) is 0 Å². The van der Waals surface area contributed by atoms with E-state index in [1.165, 1.54) is 4.31 Å². The summed E-state index contributed by atoms with van der Waals surface area (Å²) in [6, 6.07) is 16.8. The van der Waals surface area contributed by atoms with Crippen LogP contribution in [-0.4, -0.2) is 41.2 Å². The molecule has 0 unspecified atom stereocenters. The van der Waals surface area contributed by atoms with Gasteiger partial charge in [0.15, 0.2) is 0 Å². The van der Waals surface area contributed by atoms with Crippen molar-refractivity contribution < 1.29 is 13.2 Å². The zero-order valence-corrected chi connectivity index (χ0v) is 16.2. The smallest absolute Gasteiger partial charge is 0.232 e. The maximum absolute atomic E-state index is 12.1. The molecule has 0 heterocycles. The van der Waals surface area contributed by atoms with Gasteiger partial charge in [0.05, 0.1) is 11.9 Å². The second-order valence-corrected chi connectivity index (χ2v) is 8.17. The number of benzene rings is 2. The van der Waals surface area contributed by atoms with Crippen LogP contribution in [0.15, 0.2) is 54.6 Å². The summed E-state index contributed by atoms with van der Waals surface area (Å²) in [6.07, 6.45) is 1.24. The lowest BCUT2D eigenvalue weighted by Crippen LogP contribution is -2.34. The highest BCUT2D eigenvalue weighted by molar-refractivity contribution is 7.92. The quantitative estimate of drug-likeness (QED) is 0.768. The van der Waals surface area contributed by atoms with Gasteiger partial charge in [-0.2, -0.15) is 0 Å². The molecule has 0 aliphatic heterocycles. The largest absolute Gasteiger partial charge is 0.378 e. The Balaban J connectivity index is 1.99. The monoisotopic (exact) mass is 375 g/mol. The highest BCUT2D eigenvalue weighted by atomic mass is 32.2. The third kappa shape index (κ3) is 5.77. The van der Waals surface area contributed by atoms with E-state index in [-0.39, 0.29) is 18.9 Å². The lowest BCUT2D eigenvalue weighted by atomic mass is 10.2. The van der Waals surface area contributed by atoms with Crippen LogP contribution in [0.25, 0.3) is 0 Å². The minimum atomic E-state index is -3.47. The molecule has 2 rings (SSSR count). The van der Waals surface area contributed by atoms with Crippen LogP contribution in [0.1, 0.15) is 12.0 Å². The molecular weight excluding hydrogens is 350 g/mol. The first-order chi connectivity index (χ1) is 12.3. The van der Waals surface area contributed by atoms with E-state index in [0.717, 1.165) is 17.5 Å². The number of carbonyl (C=O) groups excluding carboxylic acids is 1. The Morgan fingerprint density at radius 1 is 0.962 bits per heavy atom. The molecule has 0 atom stereocenters. The molecule has 0 aromatic heterocycles. The maximum atomic E-state index is 12.1. The number of anilines is 2. The Kier molecular flexibility index (Phi) is 6.63. The zero-order valence-electron chi connectivity index (χ0n) is 15.3. The van der Waals surface area contributed by atoms with E-state index in [1.54, 1.807) is 12.1 Å². The highest BCUT2D eigenvalue weighted by Crippen LogP contribution is 2.21. The molecule has 140 valence electrons. The first-order valence-corrected chi connectivity index (χ1v) is 10.2. The van der Waals surface area contributed by atoms with Crippen molar-refractivity contribution in [1.29, 1.82) is 0 Å². The number of amides is 1. The van der Waals surface area contributed by atoms with Crippen LogP contribution >= 0.6 is 0 Å². The van der Waals surface area contributed by atoms with Gasteiger partial charge in [-0.05, 0) is 29.8 Å². The third-order valence-corrected chi connectivity index (χ3v) is 5.12. The molecule has 1 N–H and O–H groups in total. The van der Waals surface area contributed by atoms with Crippen molar-refractivity contribution in [3.8, 4) is 0 Å². The van der Waals surface area contributed by atoms with Gasteiger partial charge in [0, 0.05) is 39.3 Å². The molecule has 0 fully saturated rings. The molecule has 6 nitrogen and oxygen atoms in total. The van der Waals surface area contributed by atoms with Crippen molar-refractivity contribution >= 4 is 27.3 Å². The maximum Gasteiger partial charge on any atom is 0.232 e. The van der Waals surface area contributed by atoms with E-state index in [2.05, 4.69) is 5.32 Å². The average Bonchev–Trinajstić information content (AvgIpc) is 2.60. The summed E-state index contributed by atoms with van der Waals surface area (Å²) in [5.74, 6) is -0.188. The highest BCUT2D eigenvalue weighted by Gasteiger charge is 2.18. The van der Waals surface area contributed by atoms with E-state index in [9.17, 15) is 13.2 Å². The Morgan fingerprint density at radius 2 is 1.54 bits per heavy atom. The number of hydrogen-bond acceptors (Lipinski definition) is 4. The lowest BCUT2D eigenvalue weighted by molar-refractivity contribution is -0.121. The summed E-state index contributed by atoms with van der Waals surface area (Å²) in [5, 5.41) is 2.81. The summed E-state index contributed by atoms with van der Waals surface area (Å²) in [6.45, 7) is 0.525. The number of carbonyl (C=O) groups is 1. The van der Waals surface area contributed by atoms with Crippen LogP contribution < -0.4 is 14.5 Å². The van der Waals surface area contributed by atoms with Crippen LogP contribution in [0, 0.1) is 0 Å². The molecule has 26 heavy (non-hydrogen) atoms. The molecule has 0 aliphatic carbocycles. The molecule has 0 bridgehead atoms. The van der Waals surface area contributed by atoms with Crippen molar-refractivity contribution in [2.45, 2.75) is 13.0 Å². The second kappa shape index (κ2) is 8.71.